The summed E-state index contributed by atoms with van der Waals surface area (Å²) in [7, 11) is 0. The average Bonchev–Trinajstić information content (AvgIpc) is 2.65. The second kappa shape index (κ2) is 14.5. The molecule has 0 saturated carbocycles. The molecule has 0 atom stereocenters. The Bertz CT molecular complexity index is 799. The minimum atomic E-state index is 0. The number of aromatic nitrogens is 2. The van der Waals surface area contributed by atoms with Gasteiger partial charge in [-0.15, -0.1) is 0 Å². The van der Waals surface area contributed by atoms with Gasteiger partial charge in [0.25, 0.3) is 0 Å². The van der Waals surface area contributed by atoms with Gasteiger partial charge in [-0.3, -0.25) is 14.9 Å². The molecule has 0 aliphatic carbocycles. The first-order valence-electron chi connectivity index (χ1n) is 9.46. The first kappa shape index (κ1) is 28.5. The Morgan fingerprint density at radius 1 is 0.800 bits per heavy atom. The Balaban J connectivity index is 0.00000280. The molecular formula is C23H28Cl2N4Ru. The van der Waals surface area contributed by atoms with Crippen LogP contribution in [0.15, 0.2) is 60.9 Å². The van der Waals surface area contributed by atoms with Crippen molar-refractivity contribution in [3.8, 4) is 0 Å². The molecule has 30 heavy (non-hydrogen) atoms. The number of rotatable bonds is 8. The fraction of sp³-hybridized carbons (Fsp3) is 0.304. The standard InChI is InChI=1S/C23H28N4.2ClH.Ru/c1-18-14-19(2)23(20(3)15-18)26-12-13-27(16-21-8-4-6-10-24-21)17-22-9-5-7-11-25-22;;;/h4-11,14-15,26H,12-13,16-17H2,1-3H3;2*1H;/q;;;+2/p-2. The van der Waals surface area contributed by atoms with Gasteiger partial charge in [0, 0.05) is 44.3 Å². The number of anilines is 1. The fourth-order valence-electron chi connectivity index (χ4n) is 3.45. The molecule has 0 bridgehead atoms. The van der Waals surface area contributed by atoms with Gasteiger partial charge in [-0.25, -0.2) is 0 Å². The molecule has 0 radical (unpaired) electrons. The van der Waals surface area contributed by atoms with Gasteiger partial charge in [0.1, 0.15) is 0 Å². The zero-order valence-corrected chi connectivity index (χ0v) is 20.8. The largest absolute Gasteiger partial charge is 2.00 e. The van der Waals surface area contributed by atoms with Crippen molar-refractivity contribution in [2.45, 2.75) is 33.9 Å². The molecule has 0 amide bonds. The topological polar surface area (TPSA) is 41.0 Å². The van der Waals surface area contributed by atoms with E-state index in [9.17, 15) is 0 Å². The number of hydrogen-bond donors (Lipinski definition) is 1. The van der Waals surface area contributed by atoms with Crippen molar-refractivity contribution >= 4 is 5.69 Å². The van der Waals surface area contributed by atoms with Crippen molar-refractivity contribution in [2.24, 2.45) is 0 Å². The molecular weight excluding hydrogens is 504 g/mol. The minimum Gasteiger partial charge on any atom is -1.00 e. The van der Waals surface area contributed by atoms with Gasteiger partial charge in [0.05, 0.1) is 11.4 Å². The Morgan fingerprint density at radius 2 is 1.30 bits per heavy atom. The molecule has 1 aromatic carbocycles. The first-order valence-corrected chi connectivity index (χ1v) is 9.46. The van der Waals surface area contributed by atoms with Crippen LogP contribution in [0.5, 0.6) is 0 Å². The molecule has 0 spiro atoms. The fourth-order valence-corrected chi connectivity index (χ4v) is 3.45. The maximum absolute atomic E-state index is 4.48. The van der Waals surface area contributed by atoms with Crippen molar-refractivity contribution < 1.29 is 44.3 Å². The van der Waals surface area contributed by atoms with E-state index in [4.69, 9.17) is 0 Å². The second-order valence-corrected chi connectivity index (χ2v) is 7.05. The van der Waals surface area contributed by atoms with Crippen molar-refractivity contribution in [3.63, 3.8) is 0 Å². The van der Waals surface area contributed by atoms with Gasteiger partial charge in [-0.2, -0.15) is 0 Å². The SMILES string of the molecule is Cc1cc(C)c(NCCN(Cc2ccccn2)Cc2ccccn2)c(C)c1.[Cl-].[Cl-].[Ru+2]. The van der Waals surface area contributed by atoms with E-state index in [1.807, 2.05) is 36.7 Å². The van der Waals surface area contributed by atoms with E-state index in [0.29, 0.717) is 0 Å². The summed E-state index contributed by atoms with van der Waals surface area (Å²) in [5.41, 5.74) is 7.31. The number of benzene rings is 1. The molecule has 0 fully saturated rings. The number of pyridine rings is 2. The summed E-state index contributed by atoms with van der Waals surface area (Å²) in [6.45, 7) is 9.90. The normalized spacial score (nSPS) is 9.87. The molecule has 0 aliphatic rings. The van der Waals surface area contributed by atoms with E-state index in [0.717, 1.165) is 37.6 Å². The van der Waals surface area contributed by atoms with Crippen LogP contribution in [0.4, 0.5) is 5.69 Å². The smallest absolute Gasteiger partial charge is 1.00 e. The van der Waals surface area contributed by atoms with Gasteiger partial charge in [0.2, 0.25) is 0 Å². The van der Waals surface area contributed by atoms with Crippen molar-refractivity contribution in [1.82, 2.24) is 14.9 Å². The summed E-state index contributed by atoms with van der Waals surface area (Å²) in [4.78, 5) is 11.3. The molecule has 0 unspecified atom stereocenters. The van der Waals surface area contributed by atoms with Crippen LogP contribution in [0.1, 0.15) is 28.1 Å². The van der Waals surface area contributed by atoms with Gasteiger partial charge in [-0.05, 0) is 56.2 Å². The van der Waals surface area contributed by atoms with Crippen LogP contribution in [0.3, 0.4) is 0 Å². The Labute approximate surface area is 205 Å². The molecule has 0 saturated heterocycles. The molecule has 162 valence electrons. The molecule has 3 rings (SSSR count). The number of aryl methyl sites for hydroxylation is 3. The van der Waals surface area contributed by atoms with Crippen LogP contribution in [0.25, 0.3) is 0 Å². The van der Waals surface area contributed by atoms with Gasteiger partial charge in [-0.1, -0.05) is 29.8 Å². The quantitative estimate of drug-likeness (QED) is 0.360. The molecule has 3 aromatic rings. The summed E-state index contributed by atoms with van der Waals surface area (Å²) in [5, 5.41) is 3.63. The summed E-state index contributed by atoms with van der Waals surface area (Å²) in [6, 6.07) is 16.6. The summed E-state index contributed by atoms with van der Waals surface area (Å²) in [6.07, 6.45) is 3.71. The molecule has 2 heterocycles. The number of nitrogens with one attached hydrogen (secondary N) is 1. The third-order valence-electron chi connectivity index (χ3n) is 4.63. The molecule has 7 heteroatoms. The zero-order valence-electron chi connectivity index (χ0n) is 17.6. The monoisotopic (exact) mass is 532 g/mol. The maximum Gasteiger partial charge on any atom is 2.00 e. The van der Waals surface area contributed by atoms with E-state index in [2.05, 4.69) is 65.2 Å². The van der Waals surface area contributed by atoms with Crippen LogP contribution >= 0.6 is 0 Å². The van der Waals surface area contributed by atoms with E-state index >= 15 is 0 Å². The first-order chi connectivity index (χ1) is 13.1. The number of nitrogens with zero attached hydrogens (tertiary/aromatic N) is 3. The van der Waals surface area contributed by atoms with Crippen molar-refractivity contribution in [2.75, 3.05) is 18.4 Å². The van der Waals surface area contributed by atoms with Crippen LogP contribution in [0, 0.1) is 20.8 Å². The summed E-state index contributed by atoms with van der Waals surface area (Å²) >= 11 is 0. The van der Waals surface area contributed by atoms with Crippen LogP contribution in [0.2, 0.25) is 0 Å². The van der Waals surface area contributed by atoms with Crippen molar-refractivity contribution in [1.29, 1.82) is 0 Å². The molecule has 4 nitrogen and oxygen atoms in total. The van der Waals surface area contributed by atoms with E-state index in [1.54, 1.807) is 0 Å². The molecule has 1 N–H and O–H groups in total. The van der Waals surface area contributed by atoms with Gasteiger partial charge in [0.15, 0.2) is 0 Å². The van der Waals surface area contributed by atoms with E-state index in [-0.39, 0.29) is 44.3 Å². The third-order valence-corrected chi connectivity index (χ3v) is 4.63. The predicted octanol–water partition coefficient (Wildman–Crippen LogP) is -1.48. The number of halogens is 2. The van der Waals surface area contributed by atoms with Crippen molar-refractivity contribution in [3.05, 3.63) is 89.0 Å². The second-order valence-electron chi connectivity index (χ2n) is 7.05. The van der Waals surface area contributed by atoms with Gasteiger partial charge >= 0.3 is 19.5 Å². The number of hydrogen-bond acceptors (Lipinski definition) is 4. The van der Waals surface area contributed by atoms with Crippen LogP contribution in [-0.2, 0) is 32.6 Å². The predicted molar refractivity (Wildman–Crippen MR) is 112 cm³/mol. The molecule has 0 aliphatic heterocycles. The Kier molecular flexibility index (Phi) is 13.7. The third kappa shape index (κ3) is 8.69. The van der Waals surface area contributed by atoms with E-state index < -0.39 is 0 Å². The molecule has 2 aromatic heterocycles. The summed E-state index contributed by atoms with van der Waals surface area (Å²) < 4.78 is 0. The van der Waals surface area contributed by atoms with Crippen LogP contribution < -0.4 is 30.1 Å². The Morgan fingerprint density at radius 3 is 1.73 bits per heavy atom. The van der Waals surface area contributed by atoms with Gasteiger partial charge < -0.3 is 30.1 Å². The minimum absolute atomic E-state index is 0. The summed E-state index contributed by atoms with van der Waals surface area (Å²) in [5.74, 6) is 0. The Hall–Kier alpha value is -1.52. The van der Waals surface area contributed by atoms with E-state index in [1.165, 1.54) is 22.4 Å². The average molecular weight is 532 g/mol. The van der Waals surface area contributed by atoms with Crippen LogP contribution in [-0.4, -0.2) is 28.0 Å². The zero-order chi connectivity index (χ0) is 19.1. The maximum atomic E-state index is 4.48.